The van der Waals surface area contributed by atoms with Crippen LogP contribution in [-0.4, -0.2) is 18.8 Å². The number of hydrogen-bond acceptors (Lipinski definition) is 3. The van der Waals surface area contributed by atoms with E-state index in [0.717, 1.165) is 27.8 Å². The highest BCUT2D eigenvalue weighted by Crippen LogP contribution is 2.32. The van der Waals surface area contributed by atoms with E-state index in [-0.39, 0.29) is 0 Å². The molecule has 0 radical (unpaired) electrons. The third kappa shape index (κ3) is 4.54. The van der Waals surface area contributed by atoms with Gasteiger partial charge in [-0.2, -0.15) is 5.26 Å². The Morgan fingerprint density at radius 3 is 2.58 bits per heavy atom. The van der Waals surface area contributed by atoms with Crippen molar-refractivity contribution < 1.29 is 0 Å². The van der Waals surface area contributed by atoms with E-state index in [1.807, 2.05) is 17.8 Å². The van der Waals surface area contributed by atoms with Gasteiger partial charge >= 0.3 is 0 Å². The lowest BCUT2D eigenvalue weighted by Gasteiger charge is -2.15. The Bertz CT molecular complexity index is 984. The van der Waals surface area contributed by atoms with E-state index in [1.165, 1.54) is 16.5 Å². The lowest BCUT2D eigenvalue weighted by Crippen LogP contribution is -2.19. The maximum Gasteiger partial charge on any atom is 0.141 e. The summed E-state index contributed by atoms with van der Waals surface area (Å²) in [4.78, 5) is 5.78. The number of thioether (sulfide) groups is 1. The molecule has 0 aliphatic carbocycles. The Morgan fingerprint density at radius 2 is 1.88 bits per heavy atom. The van der Waals surface area contributed by atoms with Crippen molar-refractivity contribution in [3.63, 3.8) is 0 Å². The van der Waals surface area contributed by atoms with E-state index in [9.17, 15) is 5.26 Å². The van der Waals surface area contributed by atoms with Crippen molar-refractivity contribution in [1.82, 2.24) is 4.98 Å². The fraction of sp³-hybridized carbons (Fsp3) is 0.273. The van der Waals surface area contributed by atoms with Crippen LogP contribution in [0.2, 0.25) is 25.7 Å². The number of rotatable bonds is 5. The van der Waals surface area contributed by atoms with Gasteiger partial charge in [-0.1, -0.05) is 55.5 Å². The molecule has 132 valence electrons. The van der Waals surface area contributed by atoms with Crippen LogP contribution in [-0.2, 0) is 0 Å². The smallest absolute Gasteiger partial charge is 0.141 e. The molecule has 0 atom stereocenters. The molecule has 0 fully saturated rings. The zero-order valence-electron chi connectivity index (χ0n) is 15.8. The summed E-state index contributed by atoms with van der Waals surface area (Å²) in [6.07, 6.45) is 0. The van der Waals surface area contributed by atoms with Gasteiger partial charge in [-0.3, -0.25) is 0 Å². The Labute approximate surface area is 161 Å². The standard InChI is InChI=1S/C22H24N2SSi/c1-16-6-5-7-17(12-16)21-13-18(15-23)24-22-14-19(8-9-20(21)22)25-10-11-26(2,3)4/h5-9,12-14H,10-11H2,1-4H3. The van der Waals surface area contributed by atoms with Crippen molar-refractivity contribution >= 4 is 30.7 Å². The van der Waals surface area contributed by atoms with Gasteiger partial charge in [0, 0.05) is 18.4 Å². The maximum atomic E-state index is 9.41. The summed E-state index contributed by atoms with van der Waals surface area (Å²) in [6.45, 7) is 9.31. The van der Waals surface area contributed by atoms with Crippen molar-refractivity contribution in [2.75, 3.05) is 5.75 Å². The third-order valence-corrected chi connectivity index (χ3v) is 7.45. The molecule has 0 spiro atoms. The van der Waals surface area contributed by atoms with E-state index in [0.29, 0.717) is 5.69 Å². The minimum absolute atomic E-state index is 0.471. The second-order valence-electron chi connectivity index (χ2n) is 7.87. The predicted octanol–water partition coefficient (Wildman–Crippen LogP) is 6.51. The number of nitrogens with zero attached hydrogens (tertiary/aromatic N) is 2. The summed E-state index contributed by atoms with van der Waals surface area (Å²) in [5.41, 5.74) is 4.79. The average Bonchev–Trinajstić information content (AvgIpc) is 2.59. The minimum atomic E-state index is -1.02. The molecule has 4 heteroatoms. The van der Waals surface area contributed by atoms with Crippen LogP contribution in [0.3, 0.4) is 0 Å². The topological polar surface area (TPSA) is 36.7 Å². The van der Waals surface area contributed by atoms with Crippen molar-refractivity contribution in [3.8, 4) is 17.2 Å². The van der Waals surface area contributed by atoms with Gasteiger partial charge in [0.2, 0.25) is 0 Å². The lowest BCUT2D eigenvalue weighted by molar-refractivity contribution is 1.30. The van der Waals surface area contributed by atoms with Crippen LogP contribution in [0.1, 0.15) is 11.3 Å². The van der Waals surface area contributed by atoms with Gasteiger partial charge in [-0.25, -0.2) is 4.98 Å². The molecule has 2 aromatic carbocycles. The van der Waals surface area contributed by atoms with Crippen LogP contribution in [0, 0.1) is 18.3 Å². The van der Waals surface area contributed by atoms with Gasteiger partial charge < -0.3 is 0 Å². The number of nitriles is 1. The van der Waals surface area contributed by atoms with E-state index >= 15 is 0 Å². The zero-order chi connectivity index (χ0) is 18.7. The second kappa shape index (κ2) is 7.65. The predicted molar refractivity (Wildman–Crippen MR) is 116 cm³/mol. The Hall–Kier alpha value is -2.09. The molecule has 0 aliphatic rings. The van der Waals surface area contributed by atoms with Gasteiger partial charge in [0.15, 0.2) is 0 Å². The van der Waals surface area contributed by atoms with E-state index < -0.39 is 8.07 Å². The van der Waals surface area contributed by atoms with Gasteiger partial charge in [-0.05, 0) is 48.0 Å². The molecule has 3 rings (SSSR count). The molecular formula is C22H24N2SSi. The number of aryl methyl sites for hydroxylation is 1. The minimum Gasteiger partial charge on any atom is -0.237 e. The van der Waals surface area contributed by atoms with Crippen molar-refractivity contribution in [2.24, 2.45) is 0 Å². The van der Waals surface area contributed by atoms with Crippen LogP contribution < -0.4 is 0 Å². The molecule has 0 aliphatic heterocycles. The van der Waals surface area contributed by atoms with Crippen LogP contribution in [0.15, 0.2) is 53.4 Å². The summed E-state index contributed by atoms with van der Waals surface area (Å²) in [7, 11) is -1.02. The van der Waals surface area contributed by atoms with E-state index in [4.69, 9.17) is 0 Å². The van der Waals surface area contributed by atoms with Crippen LogP contribution in [0.25, 0.3) is 22.0 Å². The molecule has 0 bridgehead atoms. The quantitative estimate of drug-likeness (QED) is 0.376. The zero-order valence-corrected chi connectivity index (χ0v) is 17.7. The molecule has 0 amide bonds. The molecule has 0 unspecified atom stereocenters. The highest BCUT2D eigenvalue weighted by Gasteiger charge is 2.13. The lowest BCUT2D eigenvalue weighted by atomic mass is 9.99. The number of fused-ring (bicyclic) bond motifs is 1. The molecule has 1 heterocycles. The number of pyridine rings is 1. The number of aromatic nitrogens is 1. The maximum absolute atomic E-state index is 9.41. The highest BCUT2D eigenvalue weighted by atomic mass is 32.2. The fourth-order valence-electron chi connectivity index (χ4n) is 2.88. The van der Waals surface area contributed by atoms with E-state index in [1.54, 1.807) is 0 Å². The third-order valence-electron chi connectivity index (χ3n) is 4.35. The second-order valence-corrected chi connectivity index (χ2v) is 14.7. The summed E-state index contributed by atoms with van der Waals surface area (Å²) < 4.78 is 0. The highest BCUT2D eigenvalue weighted by molar-refractivity contribution is 7.99. The Balaban J connectivity index is 2.01. The summed E-state index contributed by atoms with van der Waals surface area (Å²) >= 11 is 1.89. The van der Waals surface area contributed by atoms with E-state index in [2.05, 4.69) is 80.1 Å². The van der Waals surface area contributed by atoms with Gasteiger partial charge in [-0.15, -0.1) is 11.8 Å². The van der Waals surface area contributed by atoms with Gasteiger partial charge in [0.1, 0.15) is 11.8 Å². The van der Waals surface area contributed by atoms with Crippen LogP contribution in [0.5, 0.6) is 0 Å². The normalized spacial score (nSPS) is 11.5. The molecule has 1 aromatic heterocycles. The Morgan fingerprint density at radius 1 is 1.08 bits per heavy atom. The molecular weight excluding hydrogens is 352 g/mol. The molecule has 26 heavy (non-hydrogen) atoms. The summed E-state index contributed by atoms with van der Waals surface area (Å²) in [5, 5.41) is 10.5. The molecule has 2 nitrogen and oxygen atoms in total. The van der Waals surface area contributed by atoms with Gasteiger partial charge in [0.25, 0.3) is 0 Å². The SMILES string of the molecule is Cc1cccc(-c2cc(C#N)nc3cc(SCC[Si](C)(C)C)ccc23)c1. The first-order valence-corrected chi connectivity index (χ1v) is 13.6. The van der Waals surface area contributed by atoms with Gasteiger partial charge in [0.05, 0.1) is 5.52 Å². The van der Waals surface area contributed by atoms with Crippen molar-refractivity contribution in [1.29, 1.82) is 5.26 Å². The number of benzene rings is 2. The molecule has 0 saturated carbocycles. The number of hydrogen-bond donors (Lipinski definition) is 0. The largest absolute Gasteiger partial charge is 0.237 e. The van der Waals surface area contributed by atoms with Crippen LogP contribution in [0.4, 0.5) is 0 Å². The first kappa shape index (κ1) is 18.7. The van der Waals surface area contributed by atoms with Crippen molar-refractivity contribution in [3.05, 3.63) is 59.8 Å². The Kier molecular flexibility index (Phi) is 5.50. The summed E-state index contributed by atoms with van der Waals surface area (Å²) in [5.74, 6) is 1.14. The molecule has 0 saturated heterocycles. The average molecular weight is 377 g/mol. The molecule has 0 N–H and O–H groups in total. The first-order valence-electron chi connectivity index (χ1n) is 8.90. The fourth-order valence-corrected chi connectivity index (χ4v) is 6.33. The van der Waals surface area contributed by atoms with Crippen molar-refractivity contribution in [2.45, 2.75) is 37.5 Å². The monoisotopic (exact) mass is 376 g/mol. The molecule has 3 aromatic rings. The summed E-state index contributed by atoms with van der Waals surface area (Å²) in [6, 6.07) is 20.3. The first-order chi connectivity index (χ1) is 12.4. The van der Waals surface area contributed by atoms with Crippen LogP contribution >= 0.6 is 11.8 Å².